The van der Waals surface area contributed by atoms with Crippen molar-refractivity contribution in [1.82, 2.24) is 10.2 Å². The molecule has 0 aromatic heterocycles. The SMILES string of the molecule is COC1CCCCC1NC(=O)N(C)CC(O)C1CC1. The first-order chi connectivity index (χ1) is 9.11. The molecule has 2 rings (SSSR count). The van der Waals surface area contributed by atoms with E-state index in [1.54, 1.807) is 19.1 Å². The molecule has 110 valence electrons. The van der Waals surface area contributed by atoms with E-state index < -0.39 is 0 Å². The first-order valence-electron chi connectivity index (χ1n) is 7.34. The fourth-order valence-electron chi connectivity index (χ4n) is 2.81. The van der Waals surface area contributed by atoms with E-state index in [-0.39, 0.29) is 24.3 Å². The lowest BCUT2D eigenvalue weighted by Crippen LogP contribution is -2.51. The van der Waals surface area contributed by atoms with Gasteiger partial charge in [0.1, 0.15) is 0 Å². The molecule has 19 heavy (non-hydrogen) atoms. The molecule has 0 aromatic rings. The normalized spacial score (nSPS) is 28.8. The van der Waals surface area contributed by atoms with E-state index in [1.807, 2.05) is 0 Å². The van der Waals surface area contributed by atoms with Crippen LogP contribution < -0.4 is 5.32 Å². The molecule has 0 bridgehead atoms. The van der Waals surface area contributed by atoms with Crippen molar-refractivity contribution in [3.8, 4) is 0 Å². The summed E-state index contributed by atoms with van der Waals surface area (Å²) in [7, 11) is 3.45. The van der Waals surface area contributed by atoms with Gasteiger partial charge in [0.05, 0.1) is 18.2 Å². The highest BCUT2D eigenvalue weighted by atomic mass is 16.5. The van der Waals surface area contributed by atoms with E-state index in [2.05, 4.69) is 5.32 Å². The molecule has 2 amide bonds. The minimum absolute atomic E-state index is 0.103. The Morgan fingerprint density at radius 3 is 2.68 bits per heavy atom. The maximum Gasteiger partial charge on any atom is 0.317 e. The van der Waals surface area contributed by atoms with Crippen LogP contribution in [0.5, 0.6) is 0 Å². The Morgan fingerprint density at radius 2 is 2.05 bits per heavy atom. The average Bonchev–Trinajstić information content (AvgIpc) is 3.23. The lowest BCUT2D eigenvalue weighted by atomic mass is 9.92. The molecule has 2 aliphatic carbocycles. The molecule has 2 N–H and O–H groups in total. The number of aliphatic hydroxyl groups excluding tert-OH is 1. The molecule has 0 aromatic carbocycles. The van der Waals surface area contributed by atoms with Crippen molar-refractivity contribution in [1.29, 1.82) is 0 Å². The number of rotatable bonds is 5. The topological polar surface area (TPSA) is 61.8 Å². The number of hydrogen-bond acceptors (Lipinski definition) is 3. The van der Waals surface area contributed by atoms with E-state index in [0.29, 0.717) is 12.5 Å². The summed E-state index contributed by atoms with van der Waals surface area (Å²) < 4.78 is 5.43. The van der Waals surface area contributed by atoms with Gasteiger partial charge in [0.2, 0.25) is 0 Å². The summed E-state index contributed by atoms with van der Waals surface area (Å²) in [6.45, 7) is 0.418. The van der Waals surface area contributed by atoms with E-state index in [4.69, 9.17) is 4.74 Å². The molecular weight excluding hydrogens is 244 g/mol. The fourth-order valence-corrected chi connectivity index (χ4v) is 2.81. The van der Waals surface area contributed by atoms with Crippen LogP contribution >= 0.6 is 0 Å². The Morgan fingerprint density at radius 1 is 1.37 bits per heavy atom. The van der Waals surface area contributed by atoms with Crippen LogP contribution in [0.3, 0.4) is 0 Å². The number of amides is 2. The van der Waals surface area contributed by atoms with Gasteiger partial charge in [-0.15, -0.1) is 0 Å². The second kappa shape index (κ2) is 6.57. The van der Waals surface area contributed by atoms with Gasteiger partial charge in [0, 0.05) is 20.7 Å². The van der Waals surface area contributed by atoms with Gasteiger partial charge >= 0.3 is 6.03 Å². The predicted molar refractivity (Wildman–Crippen MR) is 72.9 cm³/mol. The summed E-state index contributed by atoms with van der Waals surface area (Å²) in [6, 6.07) is 0.000387. The smallest absolute Gasteiger partial charge is 0.317 e. The number of carbonyl (C=O) groups excluding carboxylic acids is 1. The maximum absolute atomic E-state index is 12.1. The van der Waals surface area contributed by atoms with Crippen molar-refractivity contribution in [2.75, 3.05) is 20.7 Å². The molecule has 5 heteroatoms. The lowest BCUT2D eigenvalue weighted by molar-refractivity contribution is 0.0421. The lowest BCUT2D eigenvalue weighted by Gasteiger charge is -2.32. The number of aliphatic hydroxyl groups is 1. The molecular formula is C14H26N2O3. The second-order valence-electron chi connectivity index (χ2n) is 5.90. The van der Waals surface area contributed by atoms with E-state index in [9.17, 15) is 9.90 Å². The van der Waals surface area contributed by atoms with Crippen molar-refractivity contribution >= 4 is 6.03 Å². The fraction of sp³-hybridized carbons (Fsp3) is 0.929. The van der Waals surface area contributed by atoms with Crippen LogP contribution in [-0.4, -0.2) is 55.0 Å². The largest absolute Gasteiger partial charge is 0.391 e. The molecule has 2 aliphatic rings. The third kappa shape index (κ3) is 4.08. The average molecular weight is 270 g/mol. The number of methoxy groups -OCH3 is 1. The van der Waals surface area contributed by atoms with Crippen molar-refractivity contribution in [3.05, 3.63) is 0 Å². The Kier molecular flexibility index (Phi) is 5.05. The zero-order chi connectivity index (χ0) is 13.8. The quantitative estimate of drug-likeness (QED) is 0.793. The van der Waals surface area contributed by atoms with Crippen molar-refractivity contribution in [2.24, 2.45) is 5.92 Å². The van der Waals surface area contributed by atoms with Crippen LogP contribution in [-0.2, 0) is 4.74 Å². The van der Waals surface area contributed by atoms with Crippen LogP contribution in [0.4, 0.5) is 4.79 Å². The number of likely N-dealkylation sites (N-methyl/N-ethyl adjacent to an activating group) is 1. The number of nitrogens with one attached hydrogen (secondary N) is 1. The van der Waals surface area contributed by atoms with Gasteiger partial charge in [0.15, 0.2) is 0 Å². The minimum Gasteiger partial charge on any atom is -0.391 e. The van der Waals surface area contributed by atoms with Crippen LogP contribution in [0, 0.1) is 5.92 Å². The molecule has 3 unspecified atom stereocenters. The Bertz CT molecular complexity index is 307. The summed E-state index contributed by atoms with van der Waals surface area (Å²) in [5.41, 5.74) is 0. The number of ether oxygens (including phenoxy) is 1. The number of urea groups is 1. The van der Waals surface area contributed by atoms with Gasteiger partial charge in [0.25, 0.3) is 0 Å². The molecule has 2 fully saturated rings. The van der Waals surface area contributed by atoms with Crippen molar-refractivity contribution < 1.29 is 14.6 Å². The van der Waals surface area contributed by atoms with Gasteiger partial charge in [-0.2, -0.15) is 0 Å². The highest BCUT2D eigenvalue weighted by molar-refractivity contribution is 5.74. The standard InChI is InChI=1S/C14H26N2O3/c1-16(9-12(17)10-7-8-10)14(18)15-11-5-3-4-6-13(11)19-2/h10-13,17H,3-9H2,1-2H3,(H,15,18). The molecule has 0 aliphatic heterocycles. The molecule has 2 saturated carbocycles. The number of nitrogens with zero attached hydrogens (tertiary/aromatic N) is 1. The summed E-state index contributed by atoms with van der Waals surface area (Å²) in [6.07, 6.45) is 6.22. The highest BCUT2D eigenvalue weighted by Crippen LogP contribution is 2.32. The van der Waals surface area contributed by atoms with Gasteiger partial charge in [-0.05, 0) is 31.6 Å². The Balaban J connectivity index is 1.77. The monoisotopic (exact) mass is 270 g/mol. The maximum atomic E-state index is 12.1. The van der Waals surface area contributed by atoms with E-state index >= 15 is 0 Å². The van der Waals surface area contributed by atoms with Crippen LogP contribution in [0.25, 0.3) is 0 Å². The van der Waals surface area contributed by atoms with Crippen molar-refractivity contribution in [2.45, 2.75) is 56.8 Å². The number of carbonyl (C=O) groups is 1. The van der Waals surface area contributed by atoms with Crippen LogP contribution in [0.15, 0.2) is 0 Å². The minimum atomic E-state index is -0.375. The Hall–Kier alpha value is -0.810. The second-order valence-corrected chi connectivity index (χ2v) is 5.90. The first-order valence-corrected chi connectivity index (χ1v) is 7.34. The Labute approximate surface area is 115 Å². The molecule has 0 heterocycles. The summed E-state index contributed by atoms with van der Waals surface area (Å²) in [5, 5.41) is 12.9. The molecule has 3 atom stereocenters. The third-order valence-electron chi connectivity index (χ3n) is 4.29. The van der Waals surface area contributed by atoms with Crippen molar-refractivity contribution in [3.63, 3.8) is 0 Å². The summed E-state index contributed by atoms with van der Waals surface area (Å²) in [5.74, 6) is 0.400. The first kappa shape index (κ1) is 14.6. The van der Waals surface area contributed by atoms with E-state index in [1.165, 1.54) is 6.42 Å². The van der Waals surface area contributed by atoms with E-state index in [0.717, 1.165) is 32.1 Å². The summed E-state index contributed by atoms with van der Waals surface area (Å²) >= 11 is 0. The predicted octanol–water partition coefficient (Wildman–Crippen LogP) is 1.36. The molecule has 5 nitrogen and oxygen atoms in total. The number of hydrogen-bond donors (Lipinski definition) is 2. The van der Waals surface area contributed by atoms with Crippen LogP contribution in [0.1, 0.15) is 38.5 Å². The van der Waals surface area contributed by atoms with Gasteiger partial charge < -0.3 is 20.1 Å². The zero-order valence-electron chi connectivity index (χ0n) is 12.0. The highest BCUT2D eigenvalue weighted by Gasteiger charge is 2.32. The van der Waals surface area contributed by atoms with Gasteiger partial charge in [-0.1, -0.05) is 12.8 Å². The molecule has 0 radical (unpaired) electrons. The molecule has 0 spiro atoms. The van der Waals surface area contributed by atoms with Crippen LogP contribution in [0.2, 0.25) is 0 Å². The van der Waals surface area contributed by atoms with Gasteiger partial charge in [-0.3, -0.25) is 0 Å². The third-order valence-corrected chi connectivity index (χ3v) is 4.29. The zero-order valence-corrected chi connectivity index (χ0v) is 12.0. The van der Waals surface area contributed by atoms with Gasteiger partial charge in [-0.25, -0.2) is 4.79 Å². The molecule has 0 saturated heterocycles. The summed E-state index contributed by atoms with van der Waals surface area (Å²) in [4.78, 5) is 13.7.